The van der Waals surface area contributed by atoms with Gasteiger partial charge in [0.05, 0.1) is 5.60 Å². The van der Waals surface area contributed by atoms with Crippen molar-refractivity contribution in [2.75, 3.05) is 7.11 Å². The van der Waals surface area contributed by atoms with Gasteiger partial charge in [-0.25, -0.2) is 0 Å². The number of fused-ring (bicyclic) bond motifs is 2. The second kappa shape index (κ2) is 3.21. The standard InChI is InChI=1S/C12H21NO/c1-14-12(9-3-2-4-9)7-10-5-6-11(8-12)13-10/h9-11,13H,2-8H2,1H3. The van der Waals surface area contributed by atoms with E-state index in [-0.39, 0.29) is 5.60 Å². The second-order valence-electron chi connectivity index (χ2n) is 5.44. The van der Waals surface area contributed by atoms with Crippen LogP contribution in [0.5, 0.6) is 0 Å². The van der Waals surface area contributed by atoms with E-state index in [4.69, 9.17) is 4.74 Å². The number of ether oxygens (including phenoxy) is 1. The van der Waals surface area contributed by atoms with Gasteiger partial charge in [0.1, 0.15) is 0 Å². The first-order valence-corrected chi connectivity index (χ1v) is 6.13. The Bertz CT molecular complexity index is 212. The highest BCUT2D eigenvalue weighted by Gasteiger charge is 2.49. The summed E-state index contributed by atoms with van der Waals surface area (Å²) in [7, 11) is 1.93. The zero-order valence-electron chi connectivity index (χ0n) is 9.09. The van der Waals surface area contributed by atoms with Crippen LogP contribution >= 0.6 is 0 Å². The maximum Gasteiger partial charge on any atom is 0.0736 e. The molecule has 0 radical (unpaired) electrons. The van der Waals surface area contributed by atoms with Gasteiger partial charge >= 0.3 is 0 Å². The number of hydrogen-bond donors (Lipinski definition) is 1. The van der Waals surface area contributed by atoms with E-state index in [9.17, 15) is 0 Å². The molecule has 1 aliphatic carbocycles. The maximum atomic E-state index is 5.92. The Morgan fingerprint density at radius 2 is 1.71 bits per heavy atom. The van der Waals surface area contributed by atoms with Crippen molar-refractivity contribution in [2.24, 2.45) is 5.92 Å². The first kappa shape index (κ1) is 9.17. The predicted octanol–water partition coefficient (Wildman–Crippen LogP) is 2.09. The van der Waals surface area contributed by atoms with Gasteiger partial charge in [0.25, 0.3) is 0 Å². The van der Waals surface area contributed by atoms with Crippen molar-refractivity contribution >= 4 is 0 Å². The molecule has 80 valence electrons. The first-order chi connectivity index (χ1) is 6.82. The molecule has 2 atom stereocenters. The topological polar surface area (TPSA) is 21.3 Å². The van der Waals surface area contributed by atoms with Gasteiger partial charge in [-0.1, -0.05) is 6.42 Å². The van der Waals surface area contributed by atoms with Crippen LogP contribution in [-0.2, 0) is 4.74 Å². The Hall–Kier alpha value is -0.0800. The van der Waals surface area contributed by atoms with E-state index in [1.54, 1.807) is 0 Å². The molecule has 14 heavy (non-hydrogen) atoms. The van der Waals surface area contributed by atoms with Crippen LogP contribution in [0.3, 0.4) is 0 Å². The fourth-order valence-electron chi connectivity index (χ4n) is 3.74. The van der Waals surface area contributed by atoms with Crippen molar-refractivity contribution in [2.45, 2.75) is 62.6 Å². The number of rotatable bonds is 2. The second-order valence-corrected chi connectivity index (χ2v) is 5.44. The van der Waals surface area contributed by atoms with Crippen molar-refractivity contribution in [1.29, 1.82) is 0 Å². The minimum atomic E-state index is 0.259. The molecular weight excluding hydrogens is 174 g/mol. The number of nitrogens with one attached hydrogen (secondary N) is 1. The average molecular weight is 195 g/mol. The lowest BCUT2D eigenvalue weighted by molar-refractivity contribution is -0.113. The Balaban J connectivity index is 1.79. The van der Waals surface area contributed by atoms with Crippen LogP contribution in [-0.4, -0.2) is 24.8 Å². The molecule has 3 fully saturated rings. The van der Waals surface area contributed by atoms with Gasteiger partial charge in [-0.05, 0) is 44.4 Å². The van der Waals surface area contributed by atoms with Gasteiger partial charge in [-0.3, -0.25) is 0 Å². The molecule has 2 saturated heterocycles. The smallest absolute Gasteiger partial charge is 0.0736 e. The Kier molecular flexibility index (Phi) is 2.10. The van der Waals surface area contributed by atoms with E-state index < -0.39 is 0 Å². The van der Waals surface area contributed by atoms with Gasteiger partial charge in [0, 0.05) is 19.2 Å². The van der Waals surface area contributed by atoms with E-state index in [1.165, 1.54) is 44.9 Å². The van der Waals surface area contributed by atoms with Crippen LogP contribution in [0.4, 0.5) is 0 Å². The molecule has 2 unspecified atom stereocenters. The third kappa shape index (κ3) is 1.24. The summed E-state index contributed by atoms with van der Waals surface area (Å²) >= 11 is 0. The minimum Gasteiger partial charge on any atom is -0.378 e. The summed E-state index contributed by atoms with van der Waals surface area (Å²) in [5.41, 5.74) is 0.259. The van der Waals surface area contributed by atoms with Crippen molar-refractivity contribution in [3.8, 4) is 0 Å². The molecular formula is C12H21NO. The fourth-order valence-corrected chi connectivity index (χ4v) is 3.74. The highest BCUT2D eigenvalue weighted by Crippen LogP contribution is 2.47. The van der Waals surface area contributed by atoms with Gasteiger partial charge in [0.15, 0.2) is 0 Å². The van der Waals surface area contributed by atoms with Gasteiger partial charge in [-0.15, -0.1) is 0 Å². The van der Waals surface area contributed by atoms with E-state index >= 15 is 0 Å². The van der Waals surface area contributed by atoms with Crippen LogP contribution in [0, 0.1) is 5.92 Å². The summed E-state index contributed by atoms with van der Waals surface area (Å²) in [5.74, 6) is 0.873. The van der Waals surface area contributed by atoms with E-state index in [2.05, 4.69) is 5.32 Å². The quantitative estimate of drug-likeness (QED) is 0.728. The van der Waals surface area contributed by atoms with Gasteiger partial charge in [-0.2, -0.15) is 0 Å². The van der Waals surface area contributed by atoms with E-state index in [1.807, 2.05) is 7.11 Å². The third-order valence-corrected chi connectivity index (χ3v) is 4.77. The summed E-state index contributed by atoms with van der Waals surface area (Å²) in [5, 5.41) is 3.70. The molecule has 0 aromatic heterocycles. The highest BCUT2D eigenvalue weighted by molar-refractivity contribution is 5.05. The van der Waals surface area contributed by atoms with E-state index in [0.717, 1.165) is 18.0 Å². The summed E-state index contributed by atoms with van der Waals surface area (Å²) in [6, 6.07) is 1.52. The molecule has 0 aromatic rings. The first-order valence-electron chi connectivity index (χ1n) is 6.13. The third-order valence-electron chi connectivity index (χ3n) is 4.77. The zero-order chi connectivity index (χ0) is 9.60. The fraction of sp³-hybridized carbons (Fsp3) is 1.00. The van der Waals surface area contributed by atoms with E-state index in [0.29, 0.717) is 0 Å². The Morgan fingerprint density at radius 1 is 1.07 bits per heavy atom. The van der Waals surface area contributed by atoms with Crippen LogP contribution in [0.1, 0.15) is 44.9 Å². The number of methoxy groups -OCH3 is 1. The van der Waals surface area contributed by atoms with Gasteiger partial charge < -0.3 is 10.1 Å². The summed E-state index contributed by atoms with van der Waals surface area (Å²) in [4.78, 5) is 0. The lowest BCUT2D eigenvalue weighted by Crippen LogP contribution is -2.55. The van der Waals surface area contributed by atoms with Crippen LogP contribution in [0.15, 0.2) is 0 Å². The molecule has 2 heteroatoms. The Labute approximate surface area is 86.4 Å². The zero-order valence-corrected chi connectivity index (χ0v) is 9.09. The number of hydrogen-bond acceptors (Lipinski definition) is 2. The molecule has 2 bridgehead atoms. The molecule has 2 heterocycles. The normalized spacial score (nSPS) is 47.8. The maximum absolute atomic E-state index is 5.92. The lowest BCUT2D eigenvalue weighted by atomic mass is 9.67. The number of piperidine rings is 1. The lowest BCUT2D eigenvalue weighted by Gasteiger charge is -2.49. The van der Waals surface area contributed by atoms with Crippen molar-refractivity contribution in [1.82, 2.24) is 5.32 Å². The van der Waals surface area contributed by atoms with Crippen molar-refractivity contribution < 1.29 is 4.74 Å². The predicted molar refractivity (Wildman–Crippen MR) is 56.3 cm³/mol. The van der Waals surface area contributed by atoms with Crippen LogP contribution in [0.2, 0.25) is 0 Å². The van der Waals surface area contributed by atoms with Crippen LogP contribution in [0.25, 0.3) is 0 Å². The molecule has 0 aromatic carbocycles. The van der Waals surface area contributed by atoms with Crippen molar-refractivity contribution in [3.05, 3.63) is 0 Å². The molecule has 2 nitrogen and oxygen atoms in total. The summed E-state index contributed by atoms with van der Waals surface area (Å²) in [6.45, 7) is 0. The van der Waals surface area contributed by atoms with Crippen LogP contribution < -0.4 is 5.32 Å². The molecule has 3 aliphatic rings. The summed E-state index contributed by atoms with van der Waals surface area (Å²) in [6.07, 6.45) is 9.54. The van der Waals surface area contributed by atoms with Crippen molar-refractivity contribution in [3.63, 3.8) is 0 Å². The molecule has 2 aliphatic heterocycles. The molecule has 0 amide bonds. The Morgan fingerprint density at radius 3 is 2.14 bits per heavy atom. The molecule has 0 spiro atoms. The molecule has 1 saturated carbocycles. The molecule has 3 rings (SSSR count). The monoisotopic (exact) mass is 195 g/mol. The SMILES string of the molecule is COC1(C2CCC2)CC2CCC(C1)N2. The molecule has 1 N–H and O–H groups in total. The van der Waals surface area contributed by atoms with Gasteiger partial charge in [0.2, 0.25) is 0 Å². The average Bonchev–Trinajstić information content (AvgIpc) is 2.43. The summed E-state index contributed by atoms with van der Waals surface area (Å²) < 4.78 is 5.92. The largest absolute Gasteiger partial charge is 0.378 e. The minimum absolute atomic E-state index is 0.259. The highest BCUT2D eigenvalue weighted by atomic mass is 16.5.